The monoisotopic (exact) mass is 381 g/mol. The average molecular weight is 382 g/mol. The minimum absolute atomic E-state index is 0.0995. The molecule has 0 saturated carbocycles. The van der Waals surface area contributed by atoms with Crippen LogP contribution < -0.4 is 10.1 Å². The van der Waals surface area contributed by atoms with E-state index in [0.29, 0.717) is 16.3 Å². The quantitative estimate of drug-likeness (QED) is 0.716. The van der Waals surface area contributed by atoms with Gasteiger partial charge in [0.1, 0.15) is 11.6 Å². The van der Waals surface area contributed by atoms with E-state index >= 15 is 0 Å². The van der Waals surface area contributed by atoms with E-state index in [1.165, 1.54) is 30.3 Å². The maximum Gasteiger partial charge on any atom is 0.263 e. The summed E-state index contributed by atoms with van der Waals surface area (Å²) >= 11 is 11.8. The van der Waals surface area contributed by atoms with Crippen molar-refractivity contribution in [3.63, 3.8) is 0 Å². The number of benzene rings is 2. The van der Waals surface area contributed by atoms with Gasteiger partial charge in [0, 0.05) is 10.6 Å². The largest absolute Gasteiger partial charge is 0.482 e. The normalized spacial score (nSPS) is 10.5. The van der Waals surface area contributed by atoms with Crippen LogP contribution in [-0.2, 0) is 4.79 Å². The molecule has 1 aromatic heterocycles. The van der Waals surface area contributed by atoms with Crippen molar-refractivity contribution in [1.29, 1.82) is 0 Å². The average Bonchev–Trinajstić information content (AvgIpc) is 3.03. The highest BCUT2D eigenvalue weighted by Crippen LogP contribution is 2.28. The van der Waals surface area contributed by atoms with Gasteiger partial charge in [-0.05, 0) is 52.8 Å². The molecule has 0 atom stereocenters. The number of aromatic nitrogens is 2. The minimum Gasteiger partial charge on any atom is -0.482 e. The zero-order valence-electron chi connectivity index (χ0n) is 12.5. The number of carbonyl (C=O) groups is 1. The Kier molecular flexibility index (Phi) is 5.16. The summed E-state index contributed by atoms with van der Waals surface area (Å²) < 4.78 is 23.0. The highest BCUT2D eigenvalue weighted by Gasteiger charge is 2.16. The zero-order chi connectivity index (χ0) is 17.8. The summed E-state index contributed by atoms with van der Waals surface area (Å²) in [7, 11) is 0. The van der Waals surface area contributed by atoms with E-state index in [4.69, 9.17) is 27.9 Å². The predicted molar refractivity (Wildman–Crippen MR) is 90.3 cm³/mol. The van der Waals surface area contributed by atoms with Gasteiger partial charge in [0.2, 0.25) is 5.82 Å². The molecular weight excluding hydrogens is 372 g/mol. The lowest BCUT2D eigenvalue weighted by atomic mass is 10.1. The van der Waals surface area contributed by atoms with E-state index in [0.717, 1.165) is 0 Å². The summed E-state index contributed by atoms with van der Waals surface area (Å²) in [6, 6.07) is 10.2. The van der Waals surface area contributed by atoms with Gasteiger partial charge < -0.3 is 10.1 Å². The number of nitrogens with zero attached hydrogens (tertiary/aromatic N) is 2. The maximum absolute atomic E-state index is 13.0. The summed E-state index contributed by atoms with van der Waals surface area (Å²) in [6.07, 6.45) is 0. The third-order valence-corrected chi connectivity index (χ3v) is 3.65. The molecule has 9 heteroatoms. The van der Waals surface area contributed by atoms with Crippen molar-refractivity contribution in [2.75, 3.05) is 11.9 Å². The zero-order valence-corrected chi connectivity index (χ0v) is 14.0. The van der Waals surface area contributed by atoms with Crippen LogP contribution in [0.4, 0.5) is 10.2 Å². The van der Waals surface area contributed by atoms with Crippen LogP contribution in [0.5, 0.6) is 5.75 Å². The van der Waals surface area contributed by atoms with Gasteiger partial charge in [-0.2, -0.15) is 0 Å². The van der Waals surface area contributed by atoms with Gasteiger partial charge >= 0.3 is 0 Å². The number of hydrogen-bond donors (Lipinski definition) is 1. The molecule has 0 aliphatic heterocycles. The first-order chi connectivity index (χ1) is 12.0. The molecule has 1 amide bonds. The van der Waals surface area contributed by atoms with Gasteiger partial charge in [0.25, 0.3) is 5.91 Å². The smallest absolute Gasteiger partial charge is 0.263 e. The number of nitrogens with one attached hydrogen (secondary N) is 1. The molecule has 0 radical (unpaired) electrons. The van der Waals surface area contributed by atoms with Crippen molar-refractivity contribution in [1.82, 2.24) is 10.3 Å². The summed E-state index contributed by atoms with van der Waals surface area (Å²) in [6.45, 7) is -0.308. The van der Waals surface area contributed by atoms with E-state index in [1.807, 2.05) is 0 Å². The van der Waals surface area contributed by atoms with E-state index in [-0.39, 0.29) is 29.0 Å². The molecule has 0 saturated heterocycles. The number of rotatable bonds is 5. The second-order valence-electron chi connectivity index (χ2n) is 4.88. The number of hydrogen-bond acceptors (Lipinski definition) is 5. The molecule has 6 nitrogen and oxygen atoms in total. The van der Waals surface area contributed by atoms with Crippen LogP contribution in [0.25, 0.3) is 11.3 Å². The van der Waals surface area contributed by atoms with E-state index in [2.05, 4.69) is 20.3 Å². The molecule has 1 heterocycles. The summed E-state index contributed by atoms with van der Waals surface area (Å²) in [5, 5.41) is 10.6. The molecule has 0 spiro atoms. The summed E-state index contributed by atoms with van der Waals surface area (Å²) in [4.78, 5) is 12.0. The van der Waals surface area contributed by atoms with Crippen molar-refractivity contribution in [3.8, 4) is 17.0 Å². The van der Waals surface area contributed by atoms with Crippen LogP contribution in [0.1, 0.15) is 0 Å². The number of amides is 1. The van der Waals surface area contributed by atoms with Crippen LogP contribution in [0, 0.1) is 5.82 Å². The van der Waals surface area contributed by atoms with Gasteiger partial charge in [-0.15, -0.1) is 0 Å². The Labute approximate surface area is 151 Å². The fourth-order valence-electron chi connectivity index (χ4n) is 1.97. The van der Waals surface area contributed by atoms with Crippen LogP contribution in [0.2, 0.25) is 10.0 Å². The Morgan fingerprint density at radius 2 is 1.92 bits per heavy atom. The Morgan fingerprint density at radius 3 is 2.64 bits per heavy atom. The van der Waals surface area contributed by atoms with Crippen molar-refractivity contribution in [2.45, 2.75) is 0 Å². The third kappa shape index (κ3) is 4.26. The topological polar surface area (TPSA) is 77.2 Å². The maximum atomic E-state index is 13.0. The number of halogens is 3. The van der Waals surface area contributed by atoms with Crippen LogP contribution >= 0.6 is 23.2 Å². The molecule has 0 aliphatic rings. The first-order valence-corrected chi connectivity index (χ1v) is 7.75. The second kappa shape index (κ2) is 7.50. The van der Waals surface area contributed by atoms with E-state index < -0.39 is 5.91 Å². The van der Waals surface area contributed by atoms with Crippen LogP contribution in [-0.4, -0.2) is 22.8 Å². The SMILES string of the molecule is O=C(COc1ccc(Cl)cc1Cl)Nc1nonc1-c1ccc(F)cc1. The van der Waals surface area contributed by atoms with Crippen molar-refractivity contribution >= 4 is 34.9 Å². The van der Waals surface area contributed by atoms with Gasteiger partial charge in [0.05, 0.1) is 5.02 Å². The Morgan fingerprint density at radius 1 is 1.16 bits per heavy atom. The first kappa shape index (κ1) is 17.2. The van der Waals surface area contributed by atoms with E-state index in [1.54, 1.807) is 12.1 Å². The summed E-state index contributed by atoms with van der Waals surface area (Å²) in [5.74, 6) is -0.468. The van der Waals surface area contributed by atoms with Gasteiger partial charge in [0.15, 0.2) is 12.3 Å². The Balaban J connectivity index is 1.66. The van der Waals surface area contributed by atoms with Crippen molar-refractivity contribution in [2.24, 2.45) is 0 Å². The lowest BCUT2D eigenvalue weighted by Gasteiger charge is -2.08. The highest BCUT2D eigenvalue weighted by molar-refractivity contribution is 6.35. The first-order valence-electron chi connectivity index (χ1n) is 6.99. The fraction of sp³-hybridized carbons (Fsp3) is 0.0625. The number of ether oxygens (including phenoxy) is 1. The minimum atomic E-state index is -0.495. The standard InChI is InChI=1S/C16H10Cl2FN3O3/c17-10-3-6-13(12(18)7-10)24-8-14(23)20-16-15(21-25-22-16)9-1-4-11(19)5-2-9/h1-7H,8H2,(H,20,22,23). The fourth-order valence-corrected chi connectivity index (χ4v) is 2.43. The number of anilines is 1. The molecule has 3 rings (SSSR count). The molecule has 0 unspecified atom stereocenters. The van der Waals surface area contributed by atoms with Gasteiger partial charge in [-0.25, -0.2) is 9.02 Å². The molecular formula is C16H10Cl2FN3O3. The Hall–Kier alpha value is -2.64. The van der Waals surface area contributed by atoms with Crippen LogP contribution in [0.3, 0.4) is 0 Å². The molecule has 0 bridgehead atoms. The van der Waals surface area contributed by atoms with Gasteiger partial charge in [-0.3, -0.25) is 4.79 Å². The highest BCUT2D eigenvalue weighted by atomic mass is 35.5. The second-order valence-corrected chi connectivity index (χ2v) is 5.72. The summed E-state index contributed by atoms with van der Waals surface area (Å²) in [5.41, 5.74) is 0.817. The van der Waals surface area contributed by atoms with Crippen molar-refractivity contribution < 1.29 is 18.6 Å². The molecule has 2 aromatic carbocycles. The van der Waals surface area contributed by atoms with E-state index in [9.17, 15) is 9.18 Å². The van der Waals surface area contributed by atoms with Crippen molar-refractivity contribution in [3.05, 3.63) is 58.3 Å². The molecule has 128 valence electrons. The van der Waals surface area contributed by atoms with Crippen LogP contribution in [0.15, 0.2) is 47.1 Å². The molecule has 3 aromatic rings. The lowest BCUT2D eigenvalue weighted by molar-refractivity contribution is -0.118. The molecule has 25 heavy (non-hydrogen) atoms. The molecule has 1 N–H and O–H groups in total. The molecule has 0 aliphatic carbocycles. The molecule has 0 fully saturated rings. The third-order valence-electron chi connectivity index (χ3n) is 3.12. The number of carbonyl (C=O) groups excluding carboxylic acids is 1. The Bertz CT molecular complexity index is 900. The lowest BCUT2D eigenvalue weighted by Crippen LogP contribution is -2.20. The van der Waals surface area contributed by atoms with Gasteiger partial charge in [-0.1, -0.05) is 23.2 Å². The predicted octanol–water partition coefficient (Wildman–Crippen LogP) is 4.20.